The quantitative estimate of drug-likeness (QED) is 0.817. The fourth-order valence-electron chi connectivity index (χ4n) is 2.09. The highest BCUT2D eigenvalue weighted by molar-refractivity contribution is 5.47. The molecular formula is C11H14N6. The van der Waals surface area contributed by atoms with Crippen LogP contribution in [-0.2, 0) is 0 Å². The average Bonchev–Trinajstić information content (AvgIpc) is 3.00. The van der Waals surface area contributed by atoms with Gasteiger partial charge in [-0.3, -0.25) is 0 Å². The van der Waals surface area contributed by atoms with Gasteiger partial charge in [0.25, 0.3) is 0 Å². The van der Waals surface area contributed by atoms with E-state index in [9.17, 15) is 0 Å². The van der Waals surface area contributed by atoms with E-state index in [0.717, 1.165) is 30.9 Å². The van der Waals surface area contributed by atoms with Crippen molar-refractivity contribution in [2.75, 3.05) is 13.1 Å². The van der Waals surface area contributed by atoms with E-state index in [1.165, 1.54) is 0 Å². The molecular weight excluding hydrogens is 216 g/mol. The Kier molecular flexibility index (Phi) is 2.56. The monoisotopic (exact) mass is 230 g/mol. The summed E-state index contributed by atoms with van der Waals surface area (Å²) in [6.45, 7) is 3.91. The van der Waals surface area contributed by atoms with Gasteiger partial charge < -0.3 is 5.32 Å². The highest BCUT2D eigenvalue weighted by Gasteiger charge is 2.21. The first-order chi connectivity index (χ1) is 8.34. The summed E-state index contributed by atoms with van der Waals surface area (Å²) >= 11 is 0. The summed E-state index contributed by atoms with van der Waals surface area (Å²) in [4.78, 5) is 8.70. The number of aryl methyl sites for hydroxylation is 1. The van der Waals surface area contributed by atoms with E-state index in [2.05, 4.69) is 25.6 Å². The summed E-state index contributed by atoms with van der Waals surface area (Å²) in [6, 6.07) is 2.24. The van der Waals surface area contributed by atoms with Gasteiger partial charge in [-0.05, 0) is 26.0 Å². The molecule has 0 aliphatic carbocycles. The lowest BCUT2D eigenvalue weighted by Gasteiger charge is -2.11. The van der Waals surface area contributed by atoms with Gasteiger partial charge in [-0.2, -0.15) is 0 Å². The molecule has 2 aromatic heterocycles. The van der Waals surface area contributed by atoms with E-state index in [4.69, 9.17) is 0 Å². The molecule has 0 spiro atoms. The largest absolute Gasteiger partial charge is 0.315 e. The van der Waals surface area contributed by atoms with E-state index in [0.29, 0.717) is 11.9 Å². The number of rotatable bonds is 2. The van der Waals surface area contributed by atoms with Crippen LogP contribution in [0.1, 0.15) is 18.2 Å². The predicted octanol–water partition coefficient (Wildman–Crippen LogP) is 0.578. The van der Waals surface area contributed by atoms with Gasteiger partial charge in [-0.1, -0.05) is 5.21 Å². The molecule has 1 atom stereocenters. The topological polar surface area (TPSA) is 68.5 Å². The van der Waals surface area contributed by atoms with E-state index >= 15 is 0 Å². The van der Waals surface area contributed by atoms with E-state index in [1.54, 1.807) is 12.4 Å². The van der Waals surface area contributed by atoms with Gasteiger partial charge in [0.2, 0.25) is 0 Å². The number of nitrogens with one attached hydrogen (secondary N) is 1. The molecule has 1 N–H and O–H groups in total. The van der Waals surface area contributed by atoms with Crippen molar-refractivity contribution in [3.63, 3.8) is 0 Å². The van der Waals surface area contributed by atoms with Gasteiger partial charge in [-0.15, -0.1) is 5.10 Å². The zero-order valence-electron chi connectivity index (χ0n) is 9.67. The summed E-state index contributed by atoms with van der Waals surface area (Å²) in [7, 11) is 0. The smallest absolute Gasteiger partial charge is 0.179 e. The number of nitrogens with zero attached hydrogens (tertiary/aromatic N) is 5. The Morgan fingerprint density at radius 2 is 2.41 bits per heavy atom. The van der Waals surface area contributed by atoms with E-state index in [-0.39, 0.29) is 0 Å². The van der Waals surface area contributed by atoms with Crippen molar-refractivity contribution in [1.82, 2.24) is 30.3 Å². The first-order valence-electron chi connectivity index (χ1n) is 5.75. The SMILES string of the molecule is Cc1ccnc(-c2cnnn2C2CCNC2)n1. The Morgan fingerprint density at radius 3 is 3.18 bits per heavy atom. The minimum absolute atomic E-state index is 0.358. The van der Waals surface area contributed by atoms with E-state index in [1.807, 2.05) is 17.7 Å². The molecule has 17 heavy (non-hydrogen) atoms. The average molecular weight is 230 g/mol. The summed E-state index contributed by atoms with van der Waals surface area (Å²) in [6.07, 6.45) is 4.57. The predicted molar refractivity (Wildman–Crippen MR) is 62.3 cm³/mol. The van der Waals surface area contributed by atoms with Crippen LogP contribution in [0.25, 0.3) is 11.5 Å². The lowest BCUT2D eigenvalue weighted by molar-refractivity contribution is 0.479. The molecule has 0 saturated carbocycles. The van der Waals surface area contributed by atoms with Crippen LogP contribution in [0.3, 0.4) is 0 Å². The number of hydrogen-bond acceptors (Lipinski definition) is 5. The standard InChI is InChI=1S/C11H14N6/c1-8-2-5-13-11(15-8)10-7-14-16-17(10)9-3-4-12-6-9/h2,5,7,9,12H,3-4,6H2,1H3. The summed E-state index contributed by atoms with van der Waals surface area (Å²) in [5, 5.41) is 11.5. The van der Waals surface area contributed by atoms with Crippen molar-refractivity contribution in [3.05, 3.63) is 24.2 Å². The van der Waals surface area contributed by atoms with Gasteiger partial charge in [-0.25, -0.2) is 14.6 Å². The second kappa shape index (κ2) is 4.21. The second-order valence-electron chi connectivity index (χ2n) is 4.23. The minimum atomic E-state index is 0.358. The third kappa shape index (κ3) is 1.91. The number of aromatic nitrogens is 5. The molecule has 0 radical (unpaired) electrons. The summed E-state index contributed by atoms with van der Waals surface area (Å²) in [5.74, 6) is 0.696. The lowest BCUT2D eigenvalue weighted by Crippen LogP contribution is -2.16. The first-order valence-corrected chi connectivity index (χ1v) is 5.75. The minimum Gasteiger partial charge on any atom is -0.315 e. The Hall–Kier alpha value is -1.82. The third-order valence-corrected chi connectivity index (χ3v) is 2.98. The highest BCUT2D eigenvalue weighted by atomic mass is 15.4. The van der Waals surface area contributed by atoms with Crippen molar-refractivity contribution in [3.8, 4) is 11.5 Å². The van der Waals surface area contributed by atoms with Crippen LogP contribution in [0.4, 0.5) is 0 Å². The van der Waals surface area contributed by atoms with Crippen LogP contribution in [-0.4, -0.2) is 38.1 Å². The second-order valence-corrected chi connectivity index (χ2v) is 4.23. The summed E-state index contributed by atoms with van der Waals surface area (Å²) < 4.78 is 1.93. The maximum atomic E-state index is 4.42. The van der Waals surface area contributed by atoms with Crippen molar-refractivity contribution >= 4 is 0 Å². The molecule has 1 fully saturated rings. The van der Waals surface area contributed by atoms with Crippen LogP contribution < -0.4 is 5.32 Å². The fourth-order valence-corrected chi connectivity index (χ4v) is 2.09. The van der Waals surface area contributed by atoms with E-state index < -0.39 is 0 Å². The van der Waals surface area contributed by atoms with Crippen molar-refractivity contribution in [2.45, 2.75) is 19.4 Å². The van der Waals surface area contributed by atoms with Gasteiger partial charge in [0.15, 0.2) is 5.82 Å². The maximum Gasteiger partial charge on any atom is 0.179 e. The Labute approximate surface area is 99.1 Å². The molecule has 1 unspecified atom stereocenters. The van der Waals surface area contributed by atoms with Gasteiger partial charge in [0.05, 0.1) is 12.2 Å². The lowest BCUT2D eigenvalue weighted by atomic mass is 10.2. The molecule has 0 amide bonds. The van der Waals surface area contributed by atoms with Crippen molar-refractivity contribution in [2.24, 2.45) is 0 Å². The molecule has 0 aromatic carbocycles. The Morgan fingerprint density at radius 1 is 1.47 bits per heavy atom. The van der Waals surface area contributed by atoms with Gasteiger partial charge >= 0.3 is 0 Å². The highest BCUT2D eigenvalue weighted by Crippen LogP contribution is 2.21. The molecule has 6 nitrogen and oxygen atoms in total. The van der Waals surface area contributed by atoms with Crippen LogP contribution in [0.5, 0.6) is 0 Å². The normalized spacial score (nSPS) is 19.7. The fraction of sp³-hybridized carbons (Fsp3) is 0.455. The molecule has 6 heteroatoms. The molecule has 3 heterocycles. The molecule has 2 aromatic rings. The summed E-state index contributed by atoms with van der Waals surface area (Å²) in [5.41, 5.74) is 1.84. The Balaban J connectivity index is 2.00. The first kappa shape index (κ1) is 10.3. The zero-order valence-corrected chi connectivity index (χ0v) is 9.67. The molecule has 1 aliphatic heterocycles. The van der Waals surface area contributed by atoms with Crippen LogP contribution in [0.2, 0.25) is 0 Å². The Bertz CT molecular complexity index is 514. The zero-order chi connectivity index (χ0) is 11.7. The van der Waals surface area contributed by atoms with Crippen LogP contribution in [0, 0.1) is 6.92 Å². The molecule has 3 rings (SSSR count). The van der Waals surface area contributed by atoms with Crippen LogP contribution >= 0.6 is 0 Å². The maximum absolute atomic E-state index is 4.42. The van der Waals surface area contributed by atoms with Gasteiger partial charge in [0, 0.05) is 18.4 Å². The third-order valence-electron chi connectivity index (χ3n) is 2.98. The molecule has 0 bridgehead atoms. The van der Waals surface area contributed by atoms with Crippen molar-refractivity contribution < 1.29 is 0 Å². The van der Waals surface area contributed by atoms with Crippen LogP contribution in [0.15, 0.2) is 18.5 Å². The molecule has 1 aliphatic rings. The van der Waals surface area contributed by atoms with Gasteiger partial charge in [0.1, 0.15) is 5.69 Å². The van der Waals surface area contributed by atoms with Crippen molar-refractivity contribution in [1.29, 1.82) is 0 Å². The molecule has 88 valence electrons. The molecule has 1 saturated heterocycles. The number of hydrogen-bond donors (Lipinski definition) is 1.